The SMILES string of the molecule is CC(C)OC(=O)c1cncn1C1CCCc2cc(-c3ccc(F)cc3)ccc21. The van der Waals surface area contributed by atoms with Gasteiger partial charge in [0.05, 0.1) is 24.7 Å². The van der Waals surface area contributed by atoms with Crippen LogP contribution in [0.5, 0.6) is 0 Å². The molecule has 1 heterocycles. The zero-order valence-corrected chi connectivity index (χ0v) is 16.1. The maximum atomic E-state index is 13.2. The number of esters is 1. The van der Waals surface area contributed by atoms with Crippen molar-refractivity contribution >= 4 is 5.97 Å². The highest BCUT2D eigenvalue weighted by Gasteiger charge is 2.26. The van der Waals surface area contributed by atoms with Crippen molar-refractivity contribution in [1.29, 1.82) is 0 Å². The highest BCUT2D eigenvalue weighted by molar-refractivity contribution is 5.87. The molecule has 1 aliphatic rings. The third kappa shape index (κ3) is 3.57. The van der Waals surface area contributed by atoms with Crippen LogP contribution in [0.25, 0.3) is 11.1 Å². The molecular formula is C23H23FN2O2. The van der Waals surface area contributed by atoms with Gasteiger partial charge in [-0.25, -0.2) is 14.2 Å². The van der Waals surface area contributed by atoms with Crippen molar-refractivity contribution in [1.82, 2.24) is 9.55 Å². The average Bonchev–Trinajstić information content (AvgIpc) is 3.17. The van der Waals surface area contributed by atoms with Crippen LogP contribution >= 0.6 is 0 Å². The number of nitrogens with zero attached hydrogens (tertiary/aromatic N) is 2. The van der Waals surface area contributed by atoms with Gasteiger partial charge in [0.15, 0.2) is 0 Å². The molecule has 1 unspecified atom stereocenters. The van der Waals surface area contributed by atoms with E-state index in [9.17, 15) is 9.18 Å². The summed E-state index contributed by atoms with van der Waals surface area (Å²) < 4.78 is 20.5. The van der Waals surface area contributed by atoms with Crippen molar-refractivity contribution in [2.24, 2.45) is 0 Å². The van der Waals surface area contributed by atoms with Gasteiger partial charge in [-0.2, -0.15) is 0 Å². The maximum Gasteiger partial charge on any atom is 0.356 e. The van der Waals surface area contributed by atoms with Crippen molar-refractivity contribution in [3.63, 3.8) is 0 Å². The molecule has 144 valence electrons. The van der Waals surface area contributed by atoms with Gasteiger partial charge in [-0.3, -0.25) is 0 Å². The molecule has 3 aromatic rings. The number of ether oxygens (including phenoxy) is 1. The average molecular weight is 378 g/mol. The van der Waals surface area contributed by atoms with Crippen LogP contribution in [0, 0.1) is 5.82 Å². The van der Waals surface area contributed by atoms with E-state index < -0.39 is 0 Å². The van der Waals surface area contributed by atoms with Crippen molar-refractivity contribution in [3.8, 4) is 11.1 Å². The molecule has 0 N–H and O–H groups in total. The van der Waals surface area contributed by atoms with Crippen LogP contribution in [-0.2, 0) is 11.2 Å². The second-order valence-corrected chi connectivity index (χ2v) is 7.47. The summed E-state index contributed by atoms with van der Waals surface area (Å²) in [5, 5.41) is 0. The minimum absolute atomic E-state index is 0.0585. The van der Waals surface area contributed by atoms with E-state index in [4.69, 9.17) is 4.74 Å². The van der Waals surface area contributed by atoms with Gasteiger partial charge in [-0.05, 0) is 67.5 Å². The molecule has 0 saturated carbocycles. The number of rotatable bonds is 4. The molecule has 2 aromatic carbocycles. The predicted molar refractivity (Wildman–Crippen MR) is 106 cm³/mol. The zero-order valence-electron chi connectivity index (χ0n) is 16.1. The molecule has 0 bridgehead atoms. The molecular weight excluding hydrogens is 355 g/mol. The van der Waals surface area contributed by atoms with Gasteiger partial charge >= 0.3 is 5.97 Å². The van der Waals surface area contributed by atoms with Gasteiger partial charge in [0.25, 0.3) is 0 Å². The molecule has 28 heavy (non-hydrogen) atoms. The molecule has 0 saturated heterocycles. The number of hydrogen-bond acceptors (Lipinski definition) is 3. The Bertz CT molecular complexity index is 992. The first-order chi connectivity index (χ1) is 13.5. The van der Waals surface area contributed by atoms with Gasteiger partial charge in [0, 0.05) is 0 Å². The fourth-order valence-electron chi connectivity index (χ4n) is 3.89. The second kappa shape index (κ2) is 7.58. The number of carbonyl (C=O) groups excluding carboxylic acids is 1. The number of fused-ring (bicyclic) bond motifs is 1. The van der Waals surface area contributed by atoms with Crippen LogP contribution in [0.15, 0.2) is 55.0 Å². The van der Waals surface area contributed by atoms with E-state index in [1.165, 1.54) is 23.3 Å². The highest BCUT2D eigenvalue weighted by atomic mass is 19.1. The third-order valence-electron chi connectivity index (χ3n) is 5.16. The normalized spacial score (nSPS) is 16.1. The first kappa shape index (κ1) is 18.4. The zero-order chi connectivity index (χ0) is 19.7. The van der Waals surface area contributed by atoms with Crippen LogP contribution in [0.4, 0.5) is 4.39 Å². The topological polar surface area (TPSA) is 44.1 Å². The Hall–Kier alpha value is -2.95. The van der Waals surface area contributed by atoms with E-state index in [1.807, 2.05) is 18.4 Å². The lowest BCUT2D eigenvalue weighted by atomic mass is 9.85. The minimum atomic E-state index is -0.345. The number of benzene rings is 2. The Balaban J connectivity index is 1.68. The molecule has 5 heteroatoms. The Morgan fingerprint density at radius 2 is 1.93 bits per heavy atom. The van der Waals surface area contributed by atoms with Gasteiger partial charge < -0.3 is 9.30 Å². The molecule has 1 aliphatic carbocycles. The fraction of sp³-hybridized carbons (Fsp3) is 0.304. The molecule has 0 amide bonds. The summed E-state index contributed by atoms with van der Waals surface area (Å²) in [5.41, 5.74) is 5.01. The molecule has 0 fully saturated rings. The Morgan fingerprint density at radius 3 is 2.68 bits per heavy atom. The van der Waals surface area contributed by atoms with E-state index in [0.29, 0.717) is 5.69 Å². The number of carbonyl (C=O) groups is 1. The van der Waals surface area contributed by atoms with Crippen molar-refractivity contribution in [2.75, 3.05) is 0 Å². The smallest absolute Gasteiger partial charge is 0.356 e. The van der Waals surface area contributed by atoms with E-state index in [-0.39, 0.29) is 23.9 Å². The van der Waals surface area contributed by atoms with Gasteiger partial charge in [0.2, 0.25) is 0 Å². The molecule has 4 nitrogen and oxygen atoms in total. The fourth-order valence-corrected chi connectivity index (χ4v) is 3.89. The molecule has 1 atom stereocenters. The maximum absolute atomic E-state index is 13.2. The summed E-state index contributed by atoms with van der Waals surface area (Å²) in [6.07, 6.45) is 6.08. The van der Waals surface area contributed by atoms with E-state index in [1.54, 1.807) is 24.7 Å². The van der Waals surface area contributed by atoms with E-state index >= 15 is 0 Å². The molecule has 4 rings (SSSR count). The molecule has 0 spiro atoms. The van der Waals surface area contributed by atoms with Gasteiger partial charge in [-0.1, -0.05) is 30.3 Å². The van der Waals surface area contributed by atoms with Gasteiger partial charge in [-0.15, -0.1) is 0 Å². The number of aromatic nitrogens is 2. The lowest BCUT2D eigenvalue weighted by Gasteiger charge is -2.28. The largest absolute Gasteiger partial charge is 0.458 e. The standard InChI is InChI=1S/C23H23FN2O2/c1-15(2)28-23(27)22-13-25-14-26(22)21-5-3-4-18-12-17(8-11-20(18)21)16-6-9-19(24)10-7-16/h6-15,21H,3-5H2,1-2H3. The summed E-state index contributed by atoms with van der Waals surface area (Å²) in [6.45, 7) is 3.68. The summed E-state index contributed by atoms with van der Waals surface area (Å²) in [5.74, 6) is -0.578. The monoisotopic (exact) mass is 378 g/mol. The van der Waals surface area contributed by atoms with Crippen molar-refractivity contribution in [3.05, 3.63) is 77.6 Å². The molecule has 0 radical (unpaired) electrons. The van der Waals surface area contributed by atoms with Gasteiger partial charge in [0.1, 0.15) is 11.5 Å². The van der Waals surface area contributed by atoms with Crippen LogP contribution in [0.2, 0.25) is 0 Å². The Kier molecular flexibility index (Phi) is 4.99. The first-order valence-corrected chi connectivity index (χ1v) is 9.64. The summed E-state index contributed by atoms with van der Waals surface area (Å²) in [7, 11) is 0. The molecule has 0 aliphatic heterocycles. The van der Waals surface area contributed by atoms with E-state index in [0.717, 1.165) is 30.4 Å². The summed E-state index contributed by atoms with van der Waals surface area (Å²) in [6, 6.07) is 13.0. The van der Waals surface area contributed by atoms with Crippen LogP contribution in [0.3, 0.4) is 0 Å². The number of halogens is 1. The van der Waals surface area contributed by atoms with Crippen LogP contribution < -0.4 is 0 Å². The highest BCUT2D eigenvalue weighted by Crippen LogP contribution is 2.36. The number of aryl methyl sites for hydroxylation is 1. The van der Waals surface area contributed by atoms with Crippen molar-refractivity contribution in [2.45, 2.75) is 45.3 Å². The molecule has 1 aromatic heterocycles. The summed E-state index contributed by atoms with van der Waals surface area (Å²) in [4.78, 5) is 16.6. The Morgan fingerprint density at radius 1 is 1.18 bits per heavy atom. The van der Waals surface area contributed by atoms with Crippen LogP contribution in [0.1, 0.15) is 54.3 Å². The predicted octanol–water partition coefficient (Wildman–Crippen LogP) is 5.18. The van der Waals surface area contributed by atoms with Crippen molar-refractivity contribution < 1.29 is 13.9 Å². The lowest BCUT2D eigenvalue weighted by molar-refractivity contribution is 0.0363. The summed E-state index contributed by atoms with van der Waals surface area (Å²) >= 11 is 0. The van der Waals surface area contributed by atoms with E-state index in [2.05, 4.69) is 23.2 Å². The quantitative estimate of drug-likeness (QED) is 0.588. The second-order valence-electron chi connectivity index (χ2n) is 7.47. The Labute approximate surface area is 164 Å². The number of imidazole rings is 1. The minimum Gasteiger partial charge on any atom is -0.458 e. The number of hydrogen-bond donors (Lipinski definition) is 0. The lowest BCUT2D eigenvalue weighted by Crippen LogP contribution is -2.22. The van der Waals surface area contributed by atoms with Crippen LogP contribution in [-0.4, -0.2) is 21.6 Å². The third-order valence-corrected chi connectivity index (χ3v) is 5.16. The first-order valence-electron chi connectivity index (χ1n) is 9.64.